The van der Waals surface area contributed by atoms with Crippen molar-refractivity contribution in [1.29, 1.82) is 4.78 Å². The Bertz CT molecular complexity index is 1300. The highest BCUT2D eigenvalue weighted by Crippen LogP contribution is 2.34. The quantitative estimate of drug-likeness (QED) is 0.505. The molecule has 7 heteroatoms. The van der Waals surface area contributed by atoms with Crippen LogP contribution in [0.15, 0.2) is 70.2 Å². The highest BCUT2D eigenvalue weighted by atomic mass is 32.2. The fourth-order valence-electron chi connectivity index (χ4n) is 3.12. The van der Waals surface area contributed by atoms with E-state index in [1.165, 1.54) is 6.26 Å². The number of pyridine rings is 2. The molecule has 1 aromatic carbocycles. The van der Waals surface area contributed by atoms with E-state index in [0.717, 1.165) is 16.7 Å². The molecule has 3 aromatic heterocycles. The second-order valence-electron chi connectivity index (χ2n) is 7.54. The molecule has 6 nitrogen and oxygen atoms in total. The Balaban J connectivity index is 1.81. The van der Waals surface area contributed by atoms with Crippen molar-refractivity contribution < 1.29 is 13.7 Å². The Morgan fingerprint density at radius 3 is 2.34 bits per heavy atom. The Morgan fingerprint density at radius 1 is 1.00 bits per heavy atom. The zero-order chi connectivity index (χ0) is 20.8. The summed E-state index contributed by atoms with van der Waals surface area (Å²) in [6.07, 6.45) is 4.78. The van der Waals surface area contributed by atoms with Crippen molar-refractivity contribution in [3.05, 3.63) is 66.6 Å². The summed E-state index contributed by atoms with van der Waals surface area (Å²) in [7, 11) is -2.75. The molecule has 0 bridgehead atoms. The summed E-state index contributed by atoms with van der Waals surface area (Å²) in [5, 5.41) is 10.3. The zero-order valence-electron chi connectivity index (χ0n) is 16.3. The highest BCUT2D eigenvalue weighted by molar-refractivity contribution is 7.91. The highest BCUT2D eigenvalue weighted by Gasteiger charge is 2.19. The Labute approximate surface area is 169 Å². The molecule has 148 valence electrons. The van der Waals surface area contributed by atoms with Gasteiger partial charge in [-0.05, 0) is 49.7 Å². The molecule has 0 radical (unpaired) electrons. The molecule has 0 fully saturated rings. The molecule has 0 spiro atoms. The molecule has 1 unspecified atom stereocenters. The van der Waals surface area contributed by atoms with Gasteiger partial charge in [-0.25, -0.2) is 8.99 Å². The number of nitrogens with one attached hydrogen (secondary N) is 1. The minimum atomic E-state index is -2.75. The normalized spacial score (nSPS) is 14.1. The van der Waals surface area contributed by atoms with Crippen LogP contribution in [-0.2, 0) is 15.3 Å². The predicted molar refractivity (Wildman–Crippen MR) is 113 cm³/mol. The number of nitrogens with zero attached hydrogens (tertiary/aromatic N) is 2. The number of fused-ring (bicyclic) bond motifs is 1. The Hall–Kier alpha value is -3.03. The monoisotopic (exact) mass is 407 g/mol. The lowest BCUT2D eigenvalue weighted by atomic mass is 10.00. The largest absolute Gasteiger partial charge is 0.454 e. The second-order valence-corrected chi connectivity index (χ2v) is 9.70. The van der Waals surface area contributed by atoms with Crippen molar-refractivity contribution in [3.8, 4) is 22.5 Å². The smallest absolute Gasteiger partial charge is 0.161 e. The molecule has 0 aliphatic carbocycles. The van der Waals surface area contributed by atoms with Gasteiger partial charge in [-0.15, -0.1) is 0 Å². The molecule has 4 rings (SSSR count). The first kappa shape index (κ1) is 19.3. The van der Waals surface area contributed by atoms with Gasteiger partial charge in [0, 0.05) is 40.7 Å². The topological polar surface area (TPSA) is 100 Å². The van der Waals surface area contributed by atoms with Crippen LogP contribution in [0.1, 0.15) is 19.5 Å². The van der Waals surface area contributed by atoms with E-state index in [1.807, 2.05) is 24.3 Å². The number of aliphatic hydroxyl groups is 1. The SMILES string of the molecule is CC(C)(O)c1cc(-c2ccnc3cc(-c4ccc(S(C)(=N)=O)cc4)oc23)ccn1. The van der Waals surface area contributed by atoms with Crippen LogP contribution in [0, 0.1) is 4.78 Å². The van der Waals surface area contributed by atoms with Gasteiger partial charge in [-0.1, -0.05) is 12.1 Å². The summed E-state index contributed by atoms with van der Waals surface area (Å²) >= 11 is 0. The van der Waals surface area contributed by atoms with E-state index in [1.54, 1.807) is 50.5 Å². The van der Waals surface area contributed by atoms with E-state index in [9.17, 15) is 9.32 Å². The molecule has 1 atom stereocenters. The van der Waals surface area contributed by atoms with Crippen LogP contribution in [0.5, 0.6) is 0 Å². The van der Waals surface area contributed by atoms with Crippen LogP contribution in [-0.4, -0.2) is 25.5 Å². The molecule has 4 aromatic rings. The Kier molecular flexibility index (Phi) is 4.52. The van der Waals surface area contributed by atoms with E-state index >= 15 is 0 Å². The van der Waals surface area contributed by atoms with Crippen LogP contribution >= 0.6 is 0 Å². The van der Waals surface area contributed by atoms with E-state index in [-0.39, 0.29) is 0 Å². The standard InChI is InChI=1S/C22H21N3O3S/c1-22(2,26)20-12-15(8-10-25-20)17-9-11-24-18-13-19(28-21(17)18)14-4-6-16(7-5-14)29(3,23)27/h4-13,23,26H,1-3H3. The Morgan fingerprint density at radius 2 is 1.69 bits per heavy atom. The van der Waals surface area contributed by atoms with E-state index < -0.39 is 15.3 Å². The van der Waals surface area contributed by atoms with E-state index in [0.29, 0.717) is 27.4 Å². The second kappa shape index (κ2) is 6.79. The molecule has 0 saturated carbocycles. The summed E-state index contributed by atoms with van der Waals surface area (Å²) in [5.41, 5.74) is 3.42. The van der Waals surface area contributed by atoms with Gasteiger partial charge < -0.3 is 9.52 Å². The van der Waals surface area contributed by atoms with Gasteiger partial charge in [0.05, 0.1) is 15.4 Å². The van der Waals surface area contributed by atoms with Crippen molar-refractivity contribution in [2.45, 2.75) is 24.3 Å². The van der Waals surface area contributed by atoms with Gasteiger partial charge in [0.1, 0.15) is 16.9 Å². The maximum atomic E-state index is 11.9. The summed E-state index contributed by atoms with van der Waals surface area (Å²) in [5.74, 6) is 0.635. The summed E-state index contributed by atoms with van der Waals surface area (Å²) in [6, 6.07) is 14.4. The average molecular weight is 407 g/mol. The third-order valence-corrected chi connectivity index (χ3v) is 5.87. The van der Waals surface area contributed by atoms with Crippen LogP contribution in [0.4, 0.5) is 0 Å². The number of rotatable bonds is 4. The summed E-state index contributed by atoms with van der Waals surface area (Å²) in [4.78, 5) is 9.15. The molecular weight excluding hydrogens is 386 g/mol. The third kappa shape index (κ3) is 3.79. The molecule has 0 aliphatic rings. The number of hydrogen-bond donors (Lipinski definition) is 2. The van der Waals surface area contributed by atoms with Gasteiger partial charge in [0.2, 0.25) is 0 Å². The molecule has 0 amide bonds. The van der Waals surface area contributed by atoms with Crippen molar-refractivity contribution in [2.24, 2.45) is 0 Å². The van der Waals surface area contributed by atoms with Gasteiger partial charge in [0.25, 0.3) is 0 Å². The number of hydrogen-bond acceptors (Lipinski definition) is 6. The molecule has 0 aliphatic heterocycles. The molecule has 3 heterocycles. The predicted octanol–water partition coefficient (Wildman–Crippen LogP) is 4.82. The lowest BCUT2D eigenvalue weighted by Gasteiger charge is -2.17. The van der Waals surface area contributed by atoms with Crippen LogP contribution in [0.2, 0.25) is 0 Å². The average Bonchev–Trinajstić information content (AvgIpc) is 3.11. The summed E-state index contributed by atoms with van der Waals surface area (Å²) < 4.78 is 25.7. The molecule has 29 heavy (non-hydrogen) atoms. The first-order chi connectivity index (χ1) is 13.6. The van der Waals surface area contributed by atoms with Crippen molar-refractivity contribution in [2.75, 3.05) is 6.26 Å². The maximum absolute atomic E-state index is 11.9. The van der Waals surface area contributed by atoms with Crippen molar-refractivity contribution >= 4 is 20.8 Å². The van der Waals surface area contributed by atoms with Crippen molar-refractivity contribution in [1.82, 2.24) is 9.97 Å². The first-order valence-corrected chi connectivity index (χ1v) is 11.0. The van der Waals surface area contributed by atoms with Crippen molar-refractivity contribution in [3.63, 3.8) is 0 Å². The van der Waals surface area contributed by atoms with Gasteiger partial charge in [-0.3, -0.25) is 9.97 Å². The van der Waals surface area contributed by atoms with Gasteiger partial charge in [0.15, 0.2) is 5.58 Å². The summed E-state index contributed by atoms with van der Waals surface area (Å²) in [6.45, 7) is 3.39. The number of aromatic nitrogens is 2. The minimum absolute atomic E-state index is 0.479. The van der Waals surface area contributed by atoms with Gasteiger partial charge in [-0.2, -0.15) is 0 Å². The fraction of sp³-hybridized carbons (Fsp3) is 0.182. The third-order valence-electron chi connectivity index (χ3n) is 4.70. The molecule has 2 N–H and O–H groups in total. The number of benzene rings is 1. The fourth-order valence-corrected chi connectivity index (χ4v) is 3.77. The molecular formula is C22H21N3O3S. The van der Waals surface area contributed by atoms with E-state index in [4.69, 9.17) is 9.20 Å². The zero-order valence-corrected chi connectivity index (χ0v) is 17.2. The van der Waals surface area contributed by atoms with Crippen LogP contribution < -0.4 is 0 Å². The van der Waals surface area contributed by atoms with Crippen LogP contribution in [0.25, 0.3) is 33.6 Å². The lowest BCUT2D eigenvalue weighted by Crippen LogP contribution is -2.17. The maximum Gasteiger partial charge on any atom is 0.161 e. The molecule has 0 saturated heterocycles. The van der Waals surface area contributed by atoms with Gasteiger partial charge >= 0.3 is 0 Å². The lowest BCUT2D eigenvalue weighted by molar-refractivity contribution is 0.0739. The van der Waals surface area contributed by atoms with E-state index in [2.05, 4.69) is 9.97 Å². The first-order valence-electron chi connectivity index (χ1n) is 9.05. The van der Waals surface area contributed by atoms with Crippen LogP contribution in [0.3, 0.4) is 0 Å². The minimum Gasteiger partial charge on any atom is -0.454 e. The number of furan rings is 1.